The molecule has 1 N–H and O–H groups in total. The third-order valence-electron chi connectivity index (χ3n) is 5.19. The van der Waals surface area contributed by atoms with Gasteiger partial charge in [0, 0.05) is 37.4 Å². The van der Waals surface area contributed by atoms with Crippen molar-refractivity contribution < 1.29 is 4.74 Å². The number of nitrogens with one attached hydrogen (secondary N) is 1. The quantitative estimate of drug-likeness (QED) is 0.416. The number of likely N-dealkylation sites (N-methyl/N-ethyl adjacent to an activating group) is 1. The van der Waals surface area contributed by atoms with Crippen LogP contribution in [-0.2, 0) is 0 Å². The third kappa shape index (κ3) is 5.39. The van der Waals surface area contributed by atoms with E-state index in [0.717, 1.165) is 36.6 Å². The zero-order valence-corrected chi connectivity index (χ0v) is 19.6. The van der Waals surface area contributed by atoms with E-state index < -0.39 is 0 Å². The molecule has 0 atom stereocenters. The van der Waals surface area contributed by atoms with Gasteiger partial charge in [-0.3, -0.25) is 5.32 Å². The smallest absolute Gasteiger partial charge is 0.328 e. The Bertz CT molecular complexity index is 1210. The van der Waals surface area contributed by atoms with Crippen LogP contribution in [0.2, 0.25) is 5.02 Å². The van der Waals surface area contributed by atoms with Crippen LogP contribution in [0.25, 0.3) is 10.4 Å². The lowest BCUT2D eigenvalue weighted by Crippen LogP contribution is -2.45. The van der Waals surface area contributed by atoms with Crippen molar-refractivity contribution in [3.63, 3.8) is 0 Å². The van der Waals surface area contributed by atoms with Crippen molar-refractivity contribution in [2.24, 2.45) is 0 Å². The summed E-state index contributed by atoms with van der Waals surface area (Å²) in [5.74, 6) is 1.64. The summed E-state index contributed by atoms with van der Waals surface area (Å²) >= 11 is 7.52. The van der Waals surface area contributed by atoms with E-state index >= 15 is 0 Å². The van der Waals surface area contributed by atoms with Gasteiger partial charge in [0.1, 0.15) is 5.75 Å². The highest BCUT2D eigenvalue weighted by molar-refractivity contribution is 7.18. The number of nitrogens with zero attached hydrogens (tertiary/aromatic N) is 6. The molecule has 33 heavy (non-hydrogen) atoms. The minimum Gasteiger partial charge on any atom is -0.424 e. The van der Waals surface area contributed by atoms with Crippen molar-refractivity contribution in [1.29, 1.82) is 0 Å². The van der Waals surface area contributed by atoms with Crippen molar-refractivity contribution in [1.82, 2.24) is 24.8 Å². The van der Waals surface area contributed by atoms with Crippen molar-refractivity contribution >= 4 is 40.0 Å². The highest BCUT2D eigenvalue weighted by atomic mass is 35.5. The summed E-state index contributed by atoms with van der Waals surface area (Å²) in [5.41, 5.74) is 1.05. The molecule has 4 aromatic rings. The Morgan fingerprint density at radius 1 is 0.939 bits per heavy atom. The average molecular weight is 480 g/mol. The van der Waals surface area contributed by atoms with Gasteiger partial charge in [0.2, 0.25) is 11.9 Å². The average Bonchev–Trinajstić information content (AvgIpc) is 3.29. The number of aromatic nitrogens is 4. The van der Waals surface area contributed by atoms with Gasteiger partial charge in [-0.15, -0.1) is 0 Å². The molecular formula is C23H22ClN7OS. The number of benzene rings is 2. The van der Waals surface area contributed by atoms with Crippen molar-refractivity contribution in [3.8, 4) is 22.2 Å². The summed E-state index contributed by atoms with van der Waals surface area (Å²) in [6, 6.07) is 17.4. The first-order valence-corrected chi connectivity index (χ1v) is 11.7. The standard InChI is InChI=1S/C23H22ClN7OS/c1-30-11-13-31(14-12-30)21-26-20(27-22(29-21)32-18-5-3-2-4-6-18)28-23-25-15-19(33-23)16-7-9-17(24)10-8-16/h2-10,15H,11-14H2,1H3,(H,25,26,27,28,29). The van der Waals surface area contributed by atoms with Gasteiger partial charge in [0.15, 0.2) is 5.13 Å². The van der Waals surface area contributed by atoms with E-state index in [4.69, 9.17) is 16.3 Å². The molecule has 5 rings (SSSR count). The predicted molar refractivity (Wildman–Crippen MR) is 132 cm³/mol. The summed E-state index contributed by atoms with van der Waals surface area (Å²) < 4.78 is 5.93. The lowest BCUT2D eigenvalue weighted by Gasteiger charge is -2.32. The number of piperazine rings is 1. The molecule has 0 spiro atoms. The summed E-state index contributed by atoms with van der Waals surface area (Å²) in [6.45, 7) is 3.56. The lowest BCUT2D eigenvalue weighted by atomic mass is 10.2. The maximum atomic E-state index is 6.01. The molecule has 1 aliphatic heterocycles. The fourth-order valence-electron chi connectivity index (χ4n) is 3.36. The molecule has 0 amide bonds. The second kappa shape index (κ2) is 9.70. The molecule has 2 aromatic carbocycles. The number of hydrogen-bond acceptors (Lipinski definition) is 9. The zero-order chi connectivity index (χ0) is 22.6. The lowest BCUT2D eigenvalue weighted by molar-refractivity contribution is 0.310. The van der Waals surface area contributed by atoms with E-state index in [1.807, 2.05) is 60.8 Å². The van der Waals surface area contributed by atoms with Gasteiger partial charge in [0.25, 0.3) is 0 Å². The number of anilines is 3. The summed E-state index contributed by atoms with van der Waals surface area (Å²) in [5, 5.41) is 4.61. The molecule has 0 radical (unpaired) electrons. The number of para-hydroxylation sites is 1. The number of ether oxygens (including phenoxy) is 1. The van der Waals surface area contributed by atoms with Gasteiger partial charge in [0.05, 0.1) is 4.88 Å². The van der Waals surface area contributed by atoms with Gasteiger partial charge in [-0.25, -0.2) is 4.98 Å². The third-order valence-corrected chi connectivity index (χ3v) is 6.41. The van der Waals surface area contributed by atoms with E-state index in [0.29, 0.717) is 27.8 Å². The second-order valence-electron chi connectivity index (χ2n) is 7.61. The van der Waals surface area contributed by atoms with E-state index in [-0.39, 0.29) is 6.01 Å². The Morgan fingerprint density at radius 2 is 1.70 bits per heavy atom. The Morgan fingerprint density at radius 3 is 2.45 bits per heavy atom. The molecule has 2 aromatic heterocycles. The number of thiazole rings is 1. The molecule has 1 fully saturated rings. The summed E-state index contributed by atoms with van der Waals surface area (Å²) in [7, 11) is 2.11. The minimum absolute atomic E-state index is 0.238. The first-order valence-electron chi connectivity index (χ1n) is 10.5. The fourth-order valence-corrected chi connectivity index (χ4v) is 4.31. The molecular weight excluding hydrogens is 458 g/mol. The first kappa shape index (κ1) is 21.6. The number of halogens is 1. The molecule has 168 valence electrons. The van der Waals surface area contributed by atoms with Gasteiger partial charge >= 0.3 is 6.01 Å². The largest absolute Gasteiger partial charge is 0.424 e. The molecule has 3 heterocycles. The molecule has 0 bridgehead atoms. The Labute approximate surface area is 200 Å². The molecule has 0 saturated carbocycles. The van der Waals surface area contributed by atoms with Crippen molar-refractivity contribution in [3.05, 3.63) is 65.8 Å². The van der Waals surface area contributed by atoms with Gasteiger partial charge < -0.3 is 14.5 Å². The van der Waals surface area contributed by atoms with Gasteiger partial charge in [-0.1, -0.05) is 53.3 Å². The highest BCUT2D eigenvalue weighted by Gasteiger charge is 2.20. The predicted octanol–water partition coefficient (Wildman–Crippen LogP) is 4.94. The normalized spacial score (nSPS) is 14.3. The van der Waals surface area contributed by atoms with Crippen LogP contribution in [0, 0.1) is 0 Å². The van der Waals surface area contributed by atoms with E-state index in [1.165, 1.54) is 11.3 Å². The van der Waals surface area contributed by atoms with Crippen LogP contribution in [0.4, 0.5) is 17.0 Å². The highest BCUT2D eigenvalue weighted by Crippen LogP contribution is 2.31. The van der Waals surface area contributed by atoms with Crippen LogP contribution in [0.15, 0.2) is 60.8 Å². The molecule has 0 unspecified atom stereocenters. The van der Waals surface area contributed by atoms with Crippen LogP contribution in [0.1, 0.15) is 0 Å². The van der Waals surface area contributed by atoms with Crippen LogP contribution in [-0.4, -0.2) is 58.1 Å². The maximum absolute atomic E-state index is 6.01. The second-order valence-corrected chi connectivity index (χ2v) is 9.08. The van der Waals surface area contributed by atoms with Crippen LogP contribution in [0.3, 0.4) is 0 Å². The monoisotopic (exact) mass is 479 g/mol. The number of hydrogen-bond donors (Lipinski definition) is 1. The van der Waals surface area contributed by atoms with E-state index in [2.05, 4.69) is 42.1 Å². The van der Waals surface area contributed by atoms with Crippen LogP contribution >= 0.6 is 22.9 Å². The van der Waals surface area contributed by atoms with Crippen molar-refractivity contribution in [2.75, 3.05) is 43.4 Å². The van der Waals surface area contributed by atoms with Gasteiger partial charge in [-0.05, 0) is 36.9 Å². The fraction of sp³-hybridized carbons (Fsp3) is 0.217. The van der Waals surface area contributed by atoms with E-state index in [9.17, 15) is 0 Å². The minimum atomic E-state index is 0.238. The molecule has 10 heteroatoms. The number of rotatable bonds is 6. The topological polar surface area (TPSA) is 79.3 Å². The van der Waals surface area contributed by atoms with Crippen LogP contribution < -0.4 is 15.0 Å². The van der Waals surface area contributed by atoms with Crippen LogP contribution in [0.5, 0.6) is 11.8 Å². The summed E-state index contributed by atoms with van der Waals surface area (Å²) in [6.07, 6.45) is 1.82. The molecule has 1 saturated heterocycles. The van der Waals surface area contributed by atoms with Crippen molar-refractivity contribution in [2.45, 2.75) is 0 Å². The summed E-state index contributed by atoms with van der Waals surface area (Å²) in [4.78, 5) is 23.6. The Kier molecular flexibility index (Phi) is 6.34. The molecule has 0 aliphatic carbocycles. The molecule has 8 nitrogen and oxygen atoms in total. The Hall–Kier alpha value is -3.27. The Balaban J connectivity index is 1.41. The van der Waals surface area contributed by atoms with Gasteiger partial charge in [-0.2, -0.15) is 15.0 Å². The van der Waals surface area contributed by atoms with E-state index in [1.54, 1.807) is 0 Å². The molecule has 1 aliphatic rings. The first-order chi connectivity index (χ1) is 16.1. The maximum Gasteiger partial charge on any atom is 0.328 e. The SMILES string of the molecule is CN1CCN(c2nc(Nc3ncc(-c4ccc(Cl)cc4)s3)nc(Oc3ccccc3)n2)CC1. The zero-order valence-electron chi connectivity index (χ0n) is 18.0.